The molecule has 0 aliphatic carbocycles. The van der Waals surface area contributed by atoms with Crippen LogP contribution in [0, 0.1) is 5.92 Å². The van der Waals surface area contributed by atoms with E-state index >= 15 is 0 Å². The van der Waals surface area contributed by atoms with Gasteiger partial charge in [-0.1, -0.05) is 0 Å². The van der Waals surface area contributed by atoms with E-state index in [0.29, 0.717) is 0 Å². The van der Waals surface area contributed by atoms with E-state index in [9.17, 15) is 0 Å². The standard InChI is InChI=1S/C16H21N3OS/c1-5-13-16(17-7-1)19(15-6-2-8-20-15)14(18-13)10-12-4-3-9-21-11-12/h1,5,7,12,15H,2-4,6,8-11H2. The minimum atomic E-state index is 0.135. The van der Waals surface area contributed by atoms with Gasteiger partial charge in [0.25, 0.3) is 0 Å². The maximum absolute atomic E-state index is 5.91. The summed E-state index contributed by atoms with van der Waals surface area (Å²) in [4.78, 5) is 9.42. The Labute approximate surface area is 129 Å². The maximum atomic E-state index is 5.91. The van der Waals surface area contributed by atoms with Gasteiger partial charge in [0.15, 0.2) is 5.65 Å². The van der Waals surface area contributed by atoms with Crippen molar-refractivity contribution in [2.75, 3.05) is 18.1 Å². The molecule has 0 aromatic carbocycles. The Morgan fingerprint density at radius 1 is 1.33 bits per heavy atom. The molecule has 2 aliphatic heterocycles. The van der Waals surface area contributed by atoms with Gasteiger partial charge in [-0.3, -0.25) is 4.57 Å². The lowest BCUT2D eigenvalue weighted by atomic mass is 10.0. The van der Waals surface area contributed by atoms with Gasteiger partial charge in [0, 0.05) is 19.2 Å². The van der Waals surface area contributed by atoms with Crippen molar-refractivity contribution in [2.24, 2.45) is 5.92 Å². The normalized spacial score (nSPS) is 26.5. The van der Waals surface area contributed by atoms with Crippen molar-refractivity contribution in [3.63, 3.8) is 0 Å². The Hall–Kier alpha value is -1.07. The van der Waals surface area contributed by atoms with E-state index in [1.54, 1.807) is 0 Å². The van der Waals surface area contributed by atoms with E-state index in [2.05, 4.69) is 27.4 Å². The number of hydrogen-bond donors (Lipinski definition) is 0. The molecule has 2 fully saturated rings. The molecule has 2 unspecified atom stereocenters. The van der Waals surface area contributed by atoms with Crippen molar-refractivity contribution in [1.82, 2.24) is 14.5 Å². The van der Waals surface area contributed by atoms with Gasteiger partial charge in [0.05, 0.1) is 0 Å². The molecule has 4 rings (SSSR count). The number of rotatable bonds is 3. The zero-order valence-corrected chi connectivity index (χ0v) is 13.0. The van der Waals surface area contributed by atoms with Crippen LogP contribution in [0.2, 0.25) is 0 Å². The Kier molecular flexibility index (Phi) is 3.86. The van der Waals surface area contributed by atoms with Gasteiger partial charge < -0.3 is 4.74 Å². The van der Waals surface area contributed by atoms with Gasteiger partial charge in [0.2, 0.25) is 0 Å². The van der Waals surface area contributed by atoms with Crippen molar-refractivity contribution in [1.29, 1.82) is 0 Å². The molecule has 2 atom stereocenters. The van der Waals surface area contributed by atoms with Crippen molar-refractivity contribution < 1.29 is 4.74 Å². The van der Waals surface area contributed by atoms with Crippen LogP contribution in [-0.2, 0) is 11.2 Å². The lowest BCUT2D eigenvalue weighted by Gasteiger charge is -2.22. The minimum Gasteiger partial charge on any atom is -0.358 e. The number of thioether (sulfide) groups is 1. The van der Waals surface area contributed by atoms with Crippen LogP contribution in [0.3, 0.4) is 0 Å². The fourth-order valence-electron chi connectivity index (χ4n) is 3.41. The molecular weight excluding hydrogens is 282 g/mol. The fraction of sp³-hybridized carbons (Fsp3) is 0.625. The van der Waals surface area contributed by atoms with E-state index in [0.717, 1.165) is 43.0 Å². The van der Waals surface area contributed by atoms with Gasteiger partial charge in [-0.05, 0) is 55.2 Å². The van der Waals surface area contributed by atoms with E-state index in [4.69, 9.17) is 9.72 Å². The highest BCUT2D eigenvalue weighted by Gasteiger charge is 2.26. The highest BCUT2D eigenvalue weighted by atomic mass is 32.2. The largest absolute Gasteiger partial charge is 0.358 e. The zero-order valence-electron chi connectivity index (χ0n) is 12.2. The van der Waals surface area contributed by atoms with Crippen LogP contribution in [0.15, 0.2) is 18.3 Å². The first kappa shape index (κ1) is 13.6. The van der Waals surface area contributed by atoms with Crippen LogP contribution in [0.4, 0.5) is 0 Å². The lowest BCUT2D eigenvalue weighted by molar-refractivity contribution is 0.0567. The topological polar surface area (TPSA) is 39.9 Å². The molecule has 0 amide bonds. The summed E-state index contributed by atoms with van der Waals surface area (Å²) in [6, 6.07) is 4.03. The second kappa shape index (κ2) is 5.97. The highest BCUT2D eigenvalue weighted by molar-refractivity contribution is 7.99. The third-order valence-electron chi connectivity index (χ3n) is 4.44. The smallest absolute Gasteiger partial charge is 0.162 e. The molecule has 0 spiro atoms. The van der Waals surface area contributed by atoms with Crippen LogP contribution in [0.5, 0.6) is 0 Å². The zero-order chi connectivity index (χ0) is 14.1. The summed E-state index contributed by atoms with van der Waals surface area (Å²) in [6.07, 6.45) is 7.93. The molecule has 112 valence electrons. The highest BCUT2D eigenvalue weighted by Crippen LogP contribution is 2.31. The van der Waals surface area contributed by atoms with Gasteiger partial charge in [-0.15, -0.1) is 0 Å². The summed E-state index contributed by atoms with van der Waals surface area (Å²) in [6.45, 7) is 0.857. The Morgan fingerprint density at radius 3 is 3.14 bits per heavy atom. The molecule has 2 aliphatic rings. The van der Waals surface area contributed by atoms with E-state index < -0.39 is 0 Å². The lowest BCUT2D eigenvalue weighted by Crippen LogP contribution is -2.18. The summed E-state index contributed by atoms with van der Waals surface area (Å²) in [7, 11) is 0. The predicted octanol–water partition coefficient (Wildman–Crippen LogP) is 3.43. The first-order valence-corrected chi connectivity index (χ1v) is 9.08. The minimum absolute atomic E-state index is 0.135. The third-order valence-corrected chi connectivity index (χ3v) is 5.73. The summed E-state index contributed by atoms with van der Waals surface area (Å²) >= 11 is 2.08. The van der Waals surface area contributed by atoms with Gasteiger partial charge in [-0.2, -0.15) is 11.8 Å². The average molecular weight is 303 g/mol. The first-order valence-electron chi connectivity index (χ1n) is 7.93. The number of hydrogen-bond acceptors (Lipinski definition) is 4. The third kappa shape index (κ3) is 2.69. The van der Waals surface area contributed by atoms with Gasteiger partial charge >= 0.3 is 0 Å². The van der Waals surface area contributed by atoms with Crippen LogP contribution < -0.4 is 0 Å². The summed E-state index contributed by atoms with van der Waals surface area (Å²) in [5.41, 5.74) is 1.99. The van der Waals surface area contributed by atoms with Crippen LogP contribution in [0.1, 0.15) is 37.7 Å². The molecule has 2 aromatic rings. The molecule has 2 saturated heterocycles. The van der Waals surface area contributed by atoms with E-state index in [1.807, 2.05) is 12.3 Å². The monoisotopic (exact) mass is 303 g/mol. The molecule has 0 saturated carbocycles. The Bertz CT molecular complexity index is 615. The number of ether oxygens (including phenoxy) is 1. The Balaban J connectivity index is 1.70. The number of fused-ring (bicyclic) bond motifs is 1. The molecule has 5 heteroatoms. The van der Waals surface area contributed by atoms with E-state index in [-0.39, 0.29) is 6.23 Å². The molecule has 2 aromatic heterocycles. The number of nitrogens with zero attached hydrogens (tertiary/aromatic N) is 3. The molecule has 0 N–H and O–H groups in total. The summed E-state index contributed by atoms with van der Waals surface area (Å²) in [5.74, 6) is 4.51. The molecule has 0 bridgehead atoms. The SMILES string of the molecule is c1cnc2c(c1)nc(CC1CCCSC1)n2C1CCCO1. The maximum Gasteiger partial charge on any atom is 0.162 e. The number of pyridine rings is 1. The quantitative estimate of drug-likeness (QED) is 0.871. The second-order valence-electron chi connectivity index (χ2n) is 6.00. The van der Waals surface area contributed by atoms with E-state index in [1.165, 1.54) is 30.2 Å². The summed E-state index contributed by atoms with van der Waals surface area (Å²) in [5, 5.41) is 0. The molecule has 4 nitrogen and oxygen atoms in total. The van der Waals surface area contributed by atoms with Gasteiger partial charge in [0.1, 0.15) is 17.6 Å². The van der Waals surface area contributed by atoms with Crippen molar-refractivity contribution in [2.45, 2.75) is 38.3 Å². The van der Waals surface area contributed by atoms with Crippen molar-refractivity contribution in [3.8, 4) is 0 Å². The Morgan fingerprint density at radius 2 is 2.33 bits per heavy atom. The van der Waals surface area contributed by atoms with Crippen molar-refractivity contribution in [3.05, 3.63) is 24.2 Å². The molecule has 21 heavy (non-hydrogen) atoms. The van der Waals surface area contributed by atoms with Gasteiger partial charge in [-0.25, -0.2) is 9.97 Å². The average Bonchev–Trinajstić information content (AvgIpc) is 3.14. The number of aromatic nitrogens is 3. The number of imidazole rings is 1. The van der Waals surface area contributed by atoms with Crippen LogP contribution in [0.25, 0.3) is 11.2 Å². The first-order chi connectivity index (χ1) is 10.4. The molecule has 4 heterocycles. The van der Waals surface area contributed by atoms with Crippen LogP contribution in [-0.4, -0.2) is 32.6 Å². The second-order valence-corrected chi connectivity index (χ2v) is 7.15. The summed E-state index contributed by atoms with van der Waals surface area (Å²) < 4.78 is 8.18. The molecule has 0 radical (unpaired) electrons. The fourth-order valence-corrected chi connectivity index (χ4v) is 4.57. The predicted molar refractivity (Wildman–Crippen MR) is 85.5 cm³/mol. The van der Waals surface area contributed by atoms with Crippen LogP contribution >= 0.6 is 11.8 Å². The van der Waals surface area contributed by atoms with Crippen molar-refractivity contribution >= 4 is 22.9 Å². The molecular formula is C16H21N3OS.